The average Bonchev–Trinajstić information content (AvgIpc) is 2.45. The molecule has 0 N–H and O–H groups in total. The van der Waals surface area contributed by atoms with E-state index in [0.717, 1.165) is 0 Å². The minimum Gasteiger partial charge on any atom is -0.299 e. The van der Waals surface area contributed by atoms with E-state index in [-0.39, 0.29) is 0 Å². The van der Waals surface area contributed by atoms with Gasteiger partial charge in [0.1, 0.15) is 0 Å². The quantitative estimate of drug-likeness (QED) is 0.604. The Labute approximate surface area is 117 Å². The van der Waals surface area contributed by atoms with Crippen LogP contribution in [0.2, 0.25) is 0 Å². The van der Waals surface area contributed by atoms with Crippen LogP contribution in [0.4, 0.5) is 0 Å². The maximum atomic E-state index is 2.41. The molecule has 78 valence electrons. The highest BCUT2D eigenvalue weighted by Gasteiger charge is 2.13. The fourth-order valence-corrected chi connectivity index (χ4v) is 3.84. The number of para-hydroxylation sites is 1. The van der Waals surface area contributed by atoms with Gasteiger partial charge in [0, 0.05) is 5.69 Å². The van der Waals surface area contributed by atoms with Crippen molar-refractivity contribution >= 4 is 45.2 Å². The molecule has 0 aliphatic rings. The molecule has 0 spiro atoms. The summed E-state index contributed by atoms with van der Waals surface area (Å²) in [6, 6.07) is 10.5. The molecule has 1 nitrogen and oxygen atoms in total. The summed E-state index contributed by atoms with van der Waals surface area (Å²) in [4.78, 5) is 0. The van der Waals surface area contributed by atoms with Gasteiger partial charge in [-0.05, 0) is 82.3 Å². The molecule has 2 aromatic rings. The Hall–Kier alpha value is -0.0400. The van der Waals surface area contributed by atoms with Crippen LogP contribution in [0.15, 0.2) is 30.3 Å². The smallest absolute Gasteiger partial charge is 0.0885 e. The maximum Gasteiger partial charge on any atom is 0.0885 e. The van der Waals surface area contributed by atoms with Crippen LogP contribution in [0.25, 0.3) is 5.69 Å². The van der Waals surface area contributed by atoms with Crippen LogP contribution in [-0.2, 0) is 0 Å². The second-order valence-corrected chi connectivity index (χ2v) is 5.55. The van der Waals surface area contributed by atoms with Crippen molar-refractivity contribution in [3.05, 3.63) is 48.9 Å². The Kier molecular flexibility index (Phi) is 3.39. The fourth-order valence-electron chi connectivity index (χ4n) is 1.53. The van der Waals surface area contributed by atoms with Gasteiger partial charge in [0.25, 0.3) is 0 Å². The van der Waals surface area contributed by atoms with Crippen molar-refractivity contribution in [3.8, 4) is 5.69 Å². The zero-order valence-electron chi connectivity index (χ0n) is 8.59. The Balaban J connectivity index is 2.69. The molecule has 0 atom stereocenters. The molecule has 1 heterocycles. The van der Waals surface area contributed by atoms with Gasteiger partial charge in [0.2, 0.25) is 0 Å². The third-order valence-electron chi connectivity index (χ3n) is 2.59. The number of rotatable bonds is 1. The summed E-state index contributed by atoms with van der Waals surface area (Å²) in [5.41, 5.74) is 4.00. The summed E-state index contributed by atoms with van der Waals surface area (Å²) >= 11 is 4.83. The van der Waals surface area contributed by atoms with Gasteiger partial charge in [0.05, 0.1) is 7.40 Å². The Morgan fingerprint density at radius 3 is 1.80 bits per heavy atom. The van der Waals surface area contributed by atoms with Crippen molar-refractivity contribution in [2.24, 2.45) is 0 Å². The molecule has 0 amide bonds. The molecule has 0 saturated heterocycles. The van der Waals surface area contributed by atoms with E-state index in [0.29, 0.717) is 0 Å². The summed E-state index contributed by atoms with van der Waals surface area (Å²) in [5.74, 6) is 0. The van der Waals surface area contributed by atoms with Gasteiger partial charge in [-0.25, -0.2) is 0 Å². The molecule has 0 bridgehead atoms. The van der Waals surface area contributed by atoms with Crippen molar-refractivity contribution < 1.29 is 0 Å². The number of halogens is 2. The molecule has 0 saturated carbocycles. The SMILES string of the molecule is Cc1c(C)c(I)n(-c2ccccc2)c1I. The standard InChI is InChI=1S/C12H11I2N/c1-8-9(2)12(14)15(11(8)13)10-6-4-3-5-7-10/h3-7H,1-2H3. The largest absolute Gasteiger partial charge is 0.299 e. The summed E-state index contributed by atoms with van der Waals surface area (Å²) in [7, 11) is 0. The topological polar surface area (TPSA) is 4.93 Å². The highest BCUT2D eigenvalue weighted by molar-refractivity contribution is 14.1. The molecule has 1 aromatic heterocycles. The van der Waals surface area contributed by atoms with Gasteiger partial charge >= 0.3 is 0 Å². The van der Waals surface area contributed by atoms with Crippen molar-refractivity contribution in [1.29, 1.82) is 0 Å². The average molecular weight is 423 g/mol. The third-order valence-corrected chi connectivity index (χ3v) is 5.17. The number of hydrogen-bond donors (Lipinski definition) is 0. The minimum atomic E-state index is 1.24. The van der Waals surface area contributed by atoms with Crippen LogP contribution in [0, 0.1) is 21.2 Å². The van der Waals surface area contributed by atoms with Crippen LogP contribution < -0.4 is 0 Å². The van der Waals surface area contributed by atoms with E-state index in [1.165, 1.54) is 24.2 Å². The van der Waals surface area contributed by atoms with E-state index in [9.17, 15) is 0 Å². The summed E-state index contributed by atoms with van der Waals surface area (Å²) < 4.78 is 4.91. The molecular weight excluding hydrogens is 412 g/mol. The number of hydrogen-bond acceptors (Lipinski definition) is 0. The Bertz CT molecular complexity index is 461. The van der Waals surface area contributed by atoms with Crippen LogP contribution in [0.1, 0.15) is 11.1 Å². The first kappa shape index (κ1) is 11.4. The van der Waals surface area contributed by atoms with Crippen molar-refractivity contribution in [2.75, 3.05) is 0 Å². The maximum absolute atomic E-state index is 2.41. The van der Waals surface area contributed by atoms with Gasteiger partial charge in [-0.1, -0.05) is 18.2 Å². The van der Waals surface area contributed by atoms with E-state index >= 15 is 0 Å². The second kappa shape index (κ2) is 4.45. The van der Waals surface area contributed by atoms with E-state index in [1.54, 1.807) is 0 Å². The molecule has 0 aliphatic heterocycles. The molecule has 0 fully saturated rings. The summed E-state index contributed by atoms with van der Waals surface area (Å²) in [6.07, 6.45) is 0. The normalized spacial score (nSPS) is 10.7. The zero-order valence-corrected chi connectivity index (χ0v) is 12.9. The monoisotopic (exact) mass is 423 g/mol. The second-order valence-electron chi connectivity index (χ2n) is 3.50. The van der Waals surface area contributed by atoms with Gasteiger partial charge < -0.3 is 0 Å². The van der Waals surface area contributed by atoms with E-state index < -0.39 is 0 Å². The molecule has 3 heteroatoms. The summed E-state index contributed by atoms with van der Waals surface area (Å²) in [6.45, 7) is 4.36. The lowest BCUT2D eigenvalue weighted by Crippen LogP contribution is -1.98. The van der Waals surface area contributed by atoms with Gasteiger partial charge in [-0.2, -0.15) is 0 Å². The lowest BCUT2D eigenvalue weighted by molar-refractivity contribution is 1.00. The first-order chi connectivity index (χ1) is 7.13. The molecule has 0 aliphatic carbocycles. The predicted molar refractivity (Wildman–Crippen MR) is 80.7 cm³/mol. The minimum absolute atomic E-state index is 1.24. The van der Waals surface area contributed by atoms with Crippen LogP contribution >= 0.6 is 45.2 Å². The summed E-state index contributed by atoms with van der Waals surface area (Å²) in [5, 5.41) is 0. The van der Waals surface area contributed by atoms with Gasteiger partial charge in [-0.15, -0.1) is 0 Å². The fraction of sp³-hybridized carbons (Fsp3) is 0.167. The molecule has 0 radical (unpaired) electrons. The van der Waals surface area contributed by atoms with Crippen molar-refractivity contribution in [3.63, 3.8) is 0 Å². The van der Waals surface area contributed by atoms with E-state index in [2.05, 4.69) is 87.9 Å². The van der Waals surface area contributed by atoms with Crippen LogP contribution in [-0.4, -0.2) is 4.57 Å². The molecule has 2 rings (SSSR count). The lowest BCUT2D eigenvalue weighted by atomic mass is 10.2. The van der Waals surface area contributed by atoms with Crippen molar-refractivity contribution in [2.45, 2.75) is 13.8 Å². The Morgan fingerprint density at radius 2 is 1.33 bits per heavy atom. The van der Waals surface area contributed by atoms with E-state index in [4.69, 9.17) is 0 Å². The lowest BCUT2D eigenvalue weighted by Gasteiger charge is -2.07. The highest BCUT2D eigenvalue weighted by Crippen LogP contribution is 2.27. The van der Waals surface area contributed by atoms with Crippen LogP contribution in [0.5, 0.6) is 0 Å². The van der Waals surface area contributed by atoms with Crippen LogP contribution in [0.3, 0.4) is 0 Å². The Morgan fingerprint density at radius 1 is 0.867 bits per heavy atom. The molecule has 15 heavy (non-hydrogen) atoms. The highest BCUT2D eigenvalue weighted by atomic mass is 127. The van der Waals surface area contributed by atoms with Gasteiger partial charge in [0.15, 0.2) is 0 Å². The first-order valence-corrected chi connectivity index (χ1v) is 6.87. The van der Waals surface area contributed by atoms with Crippen molar-refractivity contribution in [1.82, 2.24) is 4.57 Å². The van der Waals surface area contributed by atoms with E-state index in [1.807, 2.05) is 6.07 Å². The number of nitrogens with zero attached hydrogens (tertiary/aromatic N) is 1. The number of aromatic nitrogens is 1. The van der Waals surface area contributed by atoms with Gasteiger partial charge in [-0.3, -0.25) is 4.57 Å². The first-order valence-electron chi connectivity index (χ1n) is 4.71. The predicted octanol–water partition coefficient (Wildman–Crippen LogP) is 4.30. The molecular formula is C12H11I2N. The molecule has 0 unspecified atom stereocenters. The number of benzene rings is 1. The zero-order chi connectivity index (χ0) is 11.0. The molecule has 1 aromatic carbocycles. The third kappa shape index (κ3) is 1.95.